The number of anilines is 1. The molecule has 7 heteroatoms. The molecule has 4 aliphatic rings. The van der Waals surface area contributed by atoms with Crippen molar-refractivity contribution in [1.82, 2.24) is 5.32 Å². The fourth-order valence-corrected chi connectivity index (χ4v) is 8.86. The average molecular weight is 548 g/mol. The number of nitrogens with zero attached hydrogens (tertiary/aromatic N) is 1. The van der Waals surface area contributed by atoms with Crippen molar-refractivity contribution in [3.8, 4) is 5.75 Å². The summed E-state index contributed by atoms with van der Waals surface area (Å²) in [6.07, 6.45) is 9.17. The van der Waals surface area contributed by atoms with Crippen molar-refractivity contribution in [3.63, 3.8) is 0 Å². The Morgan fingerprint density at radius 1 is 1.08 bits per heavy atom. The van der Waals surface area contributed by atoms with E-state index in [-0.39, 0.29) is 28.6 Å². The van der Waals surface area contributed by atoms with Gasteiger partial charge in [-0.3, -0.25) is 9.59 Å². The van der Waals surface area contributed by atoms with Crippen LogP contribution in [-0.4, -0.2) is 43.3 Å². The SMILES string of the molecule is C[C@]12CC[C@H]3[C@@H](CCC4=CC(=O)NCC[C@@]43C)[C@@H]1CC[C@@H]2C(=O)Oc1cccc(N(CCCl)CCCl)c1. The highest BCUT2D eigenvalue weighted by Crippen LogP contribution is 2.66. The molecule has 1 aromatic rings. The van der Waals surface area contributed by atoms with Crippen LogP contribution in [0.15, 0.2) is 35.9 Å². The summed E-state index contributed by atoms with van der Waals surface area (Å²) in [6, 6.07) is 7.73. The molecule has 1 N–H and O–H groups in total. The lowest BCUT2D eigenvalue weighted by atomic mass is 9.48. The standard InChI is InChI=1S/C30H40Cl2N2O3/c1-29-12-15-33-27(35)18-20(29)6-7-23-24-8-9-26(30(24,2)11-10-25(23)29)28(36)37-22-5-3-4-21(19-22)34(16-13-31)17-14-32/h3-5,18-19,23-26H,6-17H2,1-2H3,(H,33,35)/t23-,24-,25-,26+,29-,30-/m0/s1. The zero-order chi connectivity index (χ0) is 26.2. The van der Waals surface area contributed by atoms with Gasteiger partial charge in [-0.25, -0.2) is 0 Å². The molecule has 1 heterocycles. The van der Waals surface area contributed by atoms with E-state index < -0.39 is 0 Å². The lowest BCUT2D eigenvalue weighted by Gasteiger charge is -2.57. The van der Waals surface area contributed by atoms with Crippen LogP contribution in [0.25, 0.3) is 0 Å². The van der Waals surface area contributed by atoms with Gasteiger partial charge in [-0.15, -0.1) is 23.2 Å². The second-order valence-electron chi connectivity index (χ2n) is 12.0. The van der Waals surface area contributed by atoms with Crippen molar-refractivity contribution < 1.29 is 14.3 Å². The van der Waals surface area contributed by atoms with Gasteiger partial charge < -0.3 is 15.0 Å². The van der Waals surface area contributed by atoms with E-state index in [4.69, 9.17) is 27.9 Å². The van der Waals surface area contributed by atoms with Gasteiger partial charge in [0, 0.05) is 49.2 Å². The predicted molar refractivity (Wildman–Crippen MR) is 149 cm³/mol. The van der Waals surface area contributed by atoms with Gasteiger partial charge in [-0.2, -0.15) is 0 Å². The Bertz CT molecular complexity index is 1060. The van der Waals surface area contributed by atoms with Gasteiger partial charge in [-0.1, -0.05) is 25.5 Å². The number of ether oxygens (including phenoxy) is 1. The Kier molecular flexibility index (Phi) is 7.85. The highest BCUT2D eigenvalue weighted by molar-refractivity contribution is 6.18. The maximum absolute atomic E-state index is 13.6. The molecule has 37 heavy (non-hydrogen) atoms. The Morgan fingerprint density at radius 2 is 1.86 bits per heavy atom. The number of nitrogens with one attached hydrogen (secondary N) is 1. The monoisotopic (exact) mass is 546 g/mol. The van der Waals surface area contributed by atoms with Gasteiger partial charge in [0.15, 0.2) is 0 Å². The summed E-state index contributed by atoms with van der Waals surface area (Å²) in [4.78, 5) is 27.9. The molecular formula is C30H40Cl2N2O3. The summed E-state index contributed by atoms with van der Waals surface area (Å²) in [7, 11) is 0. The Balaban J connectivity index is 1.31. The summed E-state index contributed by atoms with van der Waals surface area (Å²) in [5.74, 6) is 3.23. The van der Waals surface area contributed by atoms with Crippen molar-refractivity contribution in [2.45, 2.75) is 58.8 Å². The van der Waals surface area contributed by atoms with Crippen molar-refractivity contribution >= 4 is 40.8 Å². The van der Waals surface area contributed by atoms with Gasteiger partial charge in [-0.05, 0) is 85.7 Å². The fraction of sp³-hybridized carbons (Fsp3) is 0.667. The molecule has 1 amide bonds. The van der Waals surface area contributed by atoms with Crippen molar-refractivity contribution in [2.75, 3.05) is 36.3 Å². The Morgan fingerprint density at radius 3 is 2.62 bits per heavy atom. The maximum Gasteiger partial charge on any atom is 0.314 e. The normalized spacial score (nSPS) is 34.8. The molecule has 6 atom stereocenters. The van der Waals surface area contributed by atoms with E-state index in [1.165, 1.54) is 5.57 Å². The molecule has 0 spiro atoms. The molecule has 0 unspecified atom stereocenters. The minimum absolute atomic E-state index is 0.0322. The number of benzene rings is 1. The molecule has 0 radical (unpaired) electrons. The Labute approximate surface area is 231 Å². The van der Waals surface area contributed by atoms with Crippen molar-refractivity contribution in [2.24, 2.45) is 34.5 Å². The lowest BCUT2D eigenvalue weighted by Crippen LogP contribution is -2.50. The number of hydrogen-bond donors (Lipinski definition) is 1. The van der Waals surface area contributed by atoms with Gasteiger partial charge in [0.25, 0.3) is 0 Å². The third kappa shape index (κ3) is 4.91. The van der Waals surface area contributed by atoms with E-state index in [0.717, 1.165) is 57.2 Å². The molecular weight excluding hydrogens is 507 g/mol. The number of carbonyl (C=O) groups is 2. The van der Waals surface area contributed by atoms with Crippen LogP contribution < -0.4 is 15.0 Å². The molecule has 0 bridgehead atoms. The van der Waals surface area contributed by atoms with Crippen LogP contribution in [-0.2, 0) is 9.59 Å². The molecule has 0 aromatic heterocycles. The van der Waals surface area contributed by atoms with Gasteiger partial charge in [0.05, 0.1) is 5.92 Å². The summed E-state index contributed by atoms with van der Waals surface area (Å²) in [6.45, 7) is 6.87. The molecule has 1 aliphatic heterocycles. The molecule has 202 valence electrons. The van der Waals surface area contributed by atoms with Crippen molar-refractivity contribution in [1.29, 1.82) is 0 Å². The van der Waals surface area contributed by atoms with Gasteiger partial charge in [0.2, 0.25) is 5.91 Å². The minimum atomic E-state index is -0.0892. The highest BCUT2D eigenvalue weighted by Gasteiger charge is 2.60. The second kappa shape index (κ2) is 10.8. The van der Waals surface area contributed by atoms with E-state index in [0.29, 0.717) is 48.4 Å². The summed E-state index contributed by atoms with van der Waals surface area (Å²) in [5.41, 5.74) is 2.37. The molecule has 3 fully saturated rings. The van der Waals surface area contributed by atoms with Crippen LogP contribution in [0.1, 0.15) is 58.8 Å². The van der Waals surface area contributed by atoms with Crippen LogP contribution in [0.3, 0.4) is 0 Å². The second-order valence-corrected chi connectivity index (χ2v) is 12.8. The molecule has 1 aromatic carbocycles. The van der Waals surface area contributed by atoms with Crippen LogP contribution in [0.2, 0.25) is 0 Å². The van der Waals surface area contributed by atoms with Crippen LogP contribution in [0.5, 0.6) is 5.75 Å². The zero-order valence-corrected chi connectivity index (χ0v) is 23.6. The van der Waals surface area contributed by atoms with E-state index in [1.54, 1.807) is 0 Å². The number of alkyl halides is 2. The van der Waals surface area contributed by atoms with Gasteiger partial charge in [0.1, 0.15) is 5.75 Å². The van der Waals surface area contributed by atoms with Crippen molar-refractivity contribution in [3.05, 3.63) is 35.9 Å². The molecule has 3 aliphatic carbocycles. The number of amides is 1. The molecule has 0 saturated heterocycles. The molecule has 3 saturated carbocycles. The molecule has 5 rings (SSSR count). The van der Waals surface area contributed by atoms with Crippen LogP contribution in [0, 0.1) is 34.5 Å². The lowest BCUT2D eigenvalue weighted by molar-refractivity contribution is -0.146. The smallest absolute Gasteiger partial charge is 0.314 e. The zero-order valence-electron chi connectivity index (χ0n) is 22.1. The first-order valence-corrected chi connectivity index (χ1v) is 15.0. The quantitative estimate of drug-likeness (QED) is 0.252. The topological polar surface area (TPSA) is 58.6 Å². The third-order valence-electron chi connectivity index (χ3n) is 10.4. The number of esters is 1. The molecule has 5 nitrogen and oxygen atoms in total. The maximum atomic E-state index is 13.6. The largest absolute Gasteiger partial charge is 0.426 e. The number of hydrogen-bond acceptors (Lipinski definition) is 4. The number of rotatable bonds is 7. The number of allylic oxidation sites excluding steroid dienone is 1. The minimum Gasteiger partial charge on any atom is -0.426 e. The van der Waals surface area contributed by atoms with Crippen LogP contribution >= 0.6 is 23.2 Å². The van der Waals surface area contributed by atoms with Crippen LogP contribution in [0.4, 0.5) is 5.69 Å². The third-order valence-corrected chi connectivity index (χ3v) is 10.7. The first-order valence-electron chi connectivity index (χ1n) is 14.0. The first-order chi connectivity index (χ1) is 17.8. The number of carbonyl (C=O) groups excluding carboxylic acids is 2. The summed E-state index contributed by atoms with van der Waals surface area (Å²) >= 11 is 12.0. The fourth-order valence-electron chi connectivity index (χ4n) is 8.46. The van der Waals surface area contributed by atoms with E-state index in [2.05, 4.69) is 24.1 Å². The van der Waals surface area contributed by atoms with E-state index in [9.17, 15) is 9.59 Å². The highest BCUT2D eigenvalue weighted by atomic mass is 35.5. The Hall–Kier alpha value is -1.72. The van der Waals surface area contributed by atoms with E-state index in [1.807, 2.05) is 30.3 Å². The number of halogens is 2. The van der Waals surface area contributed by atoms with Gasteiger partial charge >= 0.3 is 5.97 Å². The summed E-state index contributed by atoms with van der Waals surface area (Å²) in [5, 5.41) is 3.05. The van der Waals surface area contributed by atoms with E-state index >= 15 is 0 Å². The summed E-state index contributed by atoms with van der Waals surface area (Å²) < 4.78 is 6.04. The first kappa shape index (κ1) is 26.9. The average Bonchev–Trinajstić information content (AvgIpc) is 3.15. The predicted octanol–water partition coefficient (Wildman–Crippen LogP) is 6.18. The number of fused-ring (bicyclic) bond motifs is 5.